The Morgan fingerprint density at radius 2 is 2.00 bits per heavy atom. The van der Waals surface area contributed by atoms with E-state index in [0.29, 0.717) is 12.3 Å². The third kappa shape index (κ3) is 3.15. The molecule has 0 saturated carbocycles. The molecule has 4 atom stereocenters. The van der Waals surface area contributed by atoms with Crippen molar-refractivity contribution in [3.63, 3.8) is 0 Å². The Balaban J connectivity index is 1.61. The fraction of sp³-hybridized carbons (Fsp3) is 0.647. The van der Waals surface area contributed by atoms with Crippen LogP contribution in [-0.2, 0) is 18.6 Å². The molecule has 0 unspecified atom stereocenters. The molecule has 0 aliphatic carbocycles. The van der Waals surface area contributed by atoms with Crippen LogP contribution in [0.2, 0.25) is 18.1 Å². The lowest BCUT2D eigenvalue weighted by molar-refractivity contribution is -0.0581. The van der Waals surface area contributed by atoms with Gasteiger partial charge in [0.15, 0.2) is 37.9 Å². The van der Waals surface area contributed by atoms with Gasteiger partial charge in [-0.15, -0.1) is 0 Å². The molecule has 0 spiro atoms. The summed E-state index contributed by atoms with van der Waals surface area (Å²) < 4.78 is 25.7. The lowest BCUT2D eigenvalue weighted by Crippen LogP contribution is -2.44. The van der Waals surface area contributed by atoms with E-state index in [1.54, 1.807) is 4.57 Å². The number of imidazole rings is 1. The van der Waals surface area contributed by atoms with Crippen molar-refractivity contribution in [2.45, 2.75) is 63.4 Å². The first kappa shape index (κ1) is 19.5. The number of ether oxygens (including phenoxy) is 3. The van der Waals surface area contributed by atoms with Gasteiger partial charge in [-0.3, -0.25) is 9.36 Å². The SMILES string of the molecule is CC(C)(C)[Si](C)(C)O[13CH2][13C@H]1O[13C@@H](n2cnc3c(=O)[nH]cnc32)[13C@@H]2OC(=S)O[13C@@H]21. The minimum Gasteiger partial charge on any atom is -0.447 e. The number of fused-ring (bicyclic) bond motifs is 2. The smallest absolute Gasteiger partial charge is 0.353 e. The first-order valence-electron chi connectivity index (χ1n) is 9.15. The van der Waals surface area contributed by atoms with Crippen molar-refractivity contribution in [2.75, 3.05) is 6.61 Å². The van der Waals surface area contributed by atoms with Crippen LogP contribution >= 0.6 is 12.2 Å². The topological polar surface area (TPSA) is 100 Å². The van der Waals surface area contributed by atoms with Crippen LogP contribution in [0.15, 0.2) is 17.4 Å². The largest absolute Gasteiger partial charge is 0.447 e. The number of H-pyrrole nitrogens is 1. The summed E-state index contributed by atoms with van der Waals surface area (Å²) in [5.41, 5.74) is 0.347. The molecule has 0 radical (unpaired) electrons. The van der Waals surface area contributed by atoms with Crippen LogP contribution in [0.5, 0.6) is 0 Å². The summed E-state index contributed by atoms with van der Waals surface area (Å²) in [4.78, 5) is 22.9. The Morgan fingerprint density at radius 3 is 2.71 bits per heavy atom. The van der Waals surface area contributed by atoms with Gasteiger partial charge >= 0.3 is 5.24 Å². The summed E-state index contributed by atoms with van der Waals surface area (Å²) in [6, 6.07) is 0. The van der Waals surface area contributed by atoms with E-state index in [-0.39, 0.29) is 33.6 Å². The number of aromatic nitrogens is 4. The van der Waals surface area contributed by atoms with Crippen molar-refractivity contribution >= 4 is 36.9 Å². The summed E-state index contributed by atoms with van der Waals surface area (Å²) in [6.07, 6.45) is 1.09. The highest BCUT2D eigenvalue weighted by molar-refractivity contribution is 7.79. The van der Waals surface area contributed by atoms with Crippen molar-refractivity contribution in [1.29, 1.82) is 0 Å². The van der Waals surface area contributed by atoms with E-state index in [0.717, 1.165) is 0 Å². The predicted octanol–water partition coefficient (Wildman–Crippen LogP) is 2.11. The van der Waals surface area contributed by atoms with E-state index < -0.39 is 20.6 Å². The van der Waals surface area contributed by atoms with E-state index in [4.69, 9.17) is 30.9 Å². The first-order valence-corrected chi connectivity index (χ1v) is 12.5. The van der Waals surface area contributed by atoms with Gasteiger partial charge in [-0.05, 0) is 18.1 Å². The summed E-state index contributed by atoms with van der Waals surface area (Å²) in [5.74, 6) is 0. The number of nitrogens with zero attached hydrogens (tertiary/aromatic N) is 3. The zero-order valence-corrected chi connectivity index (χ0v) is 18.3. The Bertz CT molecular complexity index is 968. The molecule has 152 valence electrons. The molecule has 2 aromatic rings. The van der Waals surface area contributed by atoms with Gasteiger partial charge in [-0.25, -0.2) is 9.97 Å². The maximum Gasteiger partial charge on any atom is 0.353 e. The molecule has 2 saturated heterocycles. The molecule has 2 aliphatic heterocycles. The lowest BCUT2D eigenvalue weighted by Gasteiger charge is -2.37. The Kier molecular flexibility index (Phi) is 4.60. The fourth-order valence-electron chi connectivity index (χ4n) is 3.14. The minimum absolute atomic E-state index is 0.0816. The average Bonchev–Trinajstić information content (AvgIpc) is 3.26. The second-order valence-corrected chi connectivity index (χ2v) is 13.7. The molecule has 2 aliphatic rings. The molecule has 0 amide bonds. The van der Waals surface area contributed by atoms with E-state index in [2.05, 4.69) is 48.8 Å². The molecule has 4 heterocycles. The maximum absolute atomic E-state index is 12.0. The quantitative estimate of drug-likeness (QED) is 0.448. The number of hydrogen-bond acceptors (Lipinski definition) is 8. The van der Waals surface area contributed by atoms with Crippen molar-refractivity contribution in [1.82, 2.24) is 19.5 Å². The van der Waals surface area contributed by atoms with Gasteiger partial charge in [0.1, 0.15) is 6.10 Å². The molecule has 4 rings (SSSR count). The van der Waals surface area contributed by atoms with Crippen LogP contribution in [0.3, 0.4) is 0 Å². The van der Waals surface area contributed by atoms with Gasteiger partial charge in [0.2, 0.25) is 0 Å². The Labute approximate surface area is 168 Å². The second kappa shape index (κ2) is 6.61. The highest BCUT2D eigenvalue weighted by Crippen LogP contribution is 2.41. The molecular formula is C17H24N4O5SSi. The molecule has 9 nitrogen and oxygen atoms in total. The Morgan fingerprint density at radius 1 is 1.29 bits per heavy atom. The number of thiocarbonyl (C=S) groups is 1. The van der Waals surface area contributed by atoms with Crippen LogP contribution in [-0.4, -0.2) is 58.0 Å². The third-order valence-corrected chi connectivity index (χ3v) is 10.5. The van der Waals surface area contributed by atoms with Crippen molar-refractivity contribution in [2.24, 2.45) is 0 Å². The van der Waals surface area contributed by atoms with Gasteiger partial charge in [-0.2, -0.15) is 0 Å². The molecular weight excluding hydrogens is 405 g/mol. The van der Waals surface area contributed by atoms with Crippen LogP contribution in [0.25, 0.3) is 11.2 Å². The average molecular weight is 430 g/mol. The standard InChI is InChI=1S/C17H24N4O5SSi/c1-17(2,3)28(4,5)23-6-9-11-12(26-16(27)25-11)15(24-9)21-8-20-10-13(21)18-7-19-14(10)22/h7-9,11-12,15H,6H2,1-5H3,(H,18,19,22)/t9-,11-,12-,15-/m1/s1/i6+1,9+1,11+1,12+1,15+1. The maximum atomic E-state index is 12.0. The highest BCUT2D eigenvalue weighted by Gasteiger charge is 2.54. The van der Waals surface area contributed by atoms with Gasteiger partial charge in [0.05, 0.1) is 19.3 Å². The van der Waals surface area contributed by atoms with Crippen molar-refractivity contribution < 1.29 is 18.6 Å². The van der Waals surface area contributed by atoms with E-state index in [1.165, 1.54) is 12.7 Å². The predicted molar refractivity (Wildman–Crippen MR) is 108 cm³/mol. The third-order valence-electron chi connectivity index (χ3n) is 5.80. The monoisotopic (exact) mass is 429 g/mol. The molecule has 1 N–H and O–H groups in total. The van der Waals surface area contributed by atoms with Crippen molar-refractivity contribution in [3.05, 3.63) is 23.0 Å². The summed E-state index contributed by atoms with van der Waals surface area (Å²) in [7, 11) is -1.96. The summed E-state index contributed by atoms with van der Waals surface area (Å²) >= 11 is 5.11. The second-order valence-electron chi connectivity index (χ2n) is 8.61. The zero-order valence-electron chi connectivity index (χ0n) is 16.5. The van der Waals surface area contributed by atoms with Gasteiger partial charge < -0.3 is 23.6 Å². The van der Waals surface area contributed by atoms with Crippen molar-refractivity contribution in [3.8, 4) is 0 Å². The number of hydrogen-bond donors (Lipinski definition) is 1. The normalized spacial score (nSPS) is 27.7. The van der Waals surface area contributed by atoms with Crippen LogP contribution in [0.4, 0.5) is 0 Å². The number of nitrogens with one attached hydrogen (secondary N) is 1. The van der Waals surface area contributed by atoms with Crippen LogP contribution in [0.1, 0.15) is 27.0 Å². The summed E-state index contributed by atoms with van der Waals surface area (Å²) in [5, 5.41) is 0.175. The lowest BCUT2D eigenvalue weighted by atomic mass is 10.2. The van der Waals surface area contributed by atoms with E-state index >= 15 is 0 Å². The number of aromatic amines is 1. The zero-order chi connectivity index (χ0) is 20.3. The van der Waals surface area contributed by atoms with Crippen LogP contribution in [0, 0.1) is 0 Å². The molecule has 28 heavy (non-hydrogen) atoms. The molecule has 0 aromatic carbocycles. The van der Waals surface area contributed by atoms with Gasteiger partial charge in [0, 0.05) is 12.2 Å². The summed E-state index contributed by atoms with van der Waals surface area (Å²) in [6.45, 7) is 11.3. The molecule has 0 bridgehead atoms. The van der Waals surface area contributed by atoms with E-state index in [1.807, 2.05) is 0 Å². The van der Waals surface area contributed by atoms with Crippen LogP contribution < -0.4 is 5.56 Å². The first-order chi connectivity index (χ1) is 13.1. The molecule has 2 aromatic heterocycles. The molecule has 2 fully saturated rings. The fourth-order valence-corrected chi connectivity index (χ4v) is 4.38. The molecule has 11 heteroatoms. The Hall–Kier alpha value is -1.82. The number of rotatable bonds is 4. The van der Waals surface area contributed by atoms with E-state index in [9.17, 15) is 4.79 Å². The van der Waals surface area contributed by atoms with Gasteiger partial charge in [-0.1, -0.05) is 20.8 Å². The highest BCUT2D eigenvalue weighted by atomic mass is 32.1. The van der Waals surface area contributed by atoms with Gasteiger partial charge in [0.25, 0.3) is 5.56 Å². The minimum atomic E-state index is -1.96.